The number of aromatic nitrogens is 1. The second kappa shape index (κ2) is 6.89. The van der Waals surface area contributed by atoms with Crippen LogP contribution in [0, 0.1) is 5.92 Å². The van der Waals surface area contributed by atoms with E-state index in [1.165, 1.54) is 17.8 Å². The molecule has 2 aliphatic rings. The molecule has 3 atom stereocenters. The minimum absolute atomic E-state index is 0.0261. The molecule has 2 heterocycles. The first kappa shape index (κ1) is 17.2. The minimum Gasteiger partial charge on any atom is -0.363 e. The van der Waals surface area contributed by atoms with Crippen molar-refractivity contribution in [2.24, 2.45) is 5.92 Å². The number of hydrogen-bond acceptors (Lipinski definition) is 3. The zero-order valence-corrected chi connectivity index (χ0v) is 16.1. The molecule has 1 fully saturated rings. The number of H-pyrrole nitrogens is 1. The Bertz CT molecular complexity index is 1010. The van der Waals surface area contributed by atoms with E-state index in [4.69, 9.17) is 0 Å². The number of carbonyl (C=O) groups excluding carboxylic acids is 1. The summed E-state index contributed by atoms with van der Waals surface area (Å²) < 4.78 is 0. The molecule has 1 aliphatic heterocycles. The summed E-state index contributed by atoms with van der Waals surface area (Å²) in [6.45, 7) is 0. The number of anilines is 2. The Morgan fingerprint density at radius 1 is 1.14 bits per heavy atom. The van der Waals surface area contributed by atoms with Gasteiger partial charge in [0.25, 0.3) is 5.91 Å². The van der Waals surface area contributed by atoms with Crippen LogP contribution in [0.2, 0.25) is 0 Å². The van der Waals surface area contributed by atoms with Crippen molar-refractivity contribution in [1.82, 2.24) is 10.3 Å². The van der Waals surface area contributed by atoms with Crippen LogP contribution in [0.1, 0.15) is 36.0 Å². The van der Waals surface area contributed by atoms with E-state index in [1.807, 2.05) is 30.5 Å². The average Bonchev–Trinajstić information content (AvgIpc) is 3.32. The van der Waals surface area contributed by atoms with Crippen LogP contribution in [0.3, 0.4) is 0 Å². The highest BCUT2D eigenvalue weighted by atomic mass is 16.1. The van der Waals surface area contributed by atoms with E-state index >= 15 is 0 Å². The lowest BCUT2D eigenvalue weighted by molar-refractivity contribution is 0.0917. The van der Waals surface area contributed by atoms with Crippen LogP contribution in [0.25, 0.3) is 10.9 Å². The van der Waals surface area contributed by atoms with Gasteiger partial charge in [-0.15, -0.1) is 0 Å². The number of nitrogens with one attached hydrogen (secondary N) is 3. The molecule has 3 aromatic rings. The lowest BCUT2D eigenvalue weighted by Crippen LogP contribution is -2.46. The zero-order chi connectivity index (χ0) is 19.1. The van der Waals surface area contributed by atoms with Gasteiger partial charge in [0.05, 0.1) is 11.4 Å². The number of hydrogen-bond donors (Lipinski definition) is 3. The second-order valence-corrected chi connectivity index (χ2v) is 8.09. The quantitative estimate of drug-likeness (QED) is 0.639. The standard InChI is InChI=1S/C23H26N4O/c1-27-21-8-3-2-7-19(21)26-22(27)16-5-4-6-18(13-16)25-23(28)17-10-9-15-11-12-24-20(15)14-17/h2-3,7-12,14,16,18,22,24,26H,4-6,13H2,1H3,(H,25,28)/t16-,18?,22?/m0/s1. The van der Waals surface area contributed by atoms with Crippen LogP contribution in [-0.4, -0.2) is 30.1 Å². The van der Waals surface area contributed by atoms with Crippen LogP contribution < -0.4 is 15.5 Å². The molecule has 144 valence electrons. The van der Waals surface area contributed by atoms with Crippen molar-refractivity contribution < 1.29 is 4.79 Å². The Labute approximate surface area is 165 Å². The van der Waals surface area contributed by atoms with Crippen LogP contribution >= 0.6 is 0 Å². The molecule has 0 radical (unpaired) electrons. The van der Waals surface area contributed by atoms with Gasteiger partial charge in [0.1, 0.15) is 6.17 Å². The normalized spacial score (nSPS) is 24.0. The van der Waals surface area contributed by atoms with Gasteiger partial charge in [-0.3, -0.25) is 4.79 Å². The topological polar surface area (TPSA) is 60.2 Å². The molecule has 0 spiro atoms. The number of carbonyl (C=O) groups is 1. The van der Waals surface area contributed by atoms with Gasteiger partial charge in [-0.2, -0.15) is 0 Å². The van der Waals surface area contributed by atoms with E-state index in [0.29, 0.717) is 12.1 Å². The van der Waals surface area contributed by atoms with Crippen molar-refractivity contribution in [2.45, 2.75) is 37.9 Å². The van der Waals surface area contributed by atoms with Gasteiger partial charge in [0.2, 0.25) is 0 Å². The highest BCUT2D eigenvalue weighted by Gasteiger charge is 2.35. The monoisotopic (exact) mass is 374 g/mol. The molecule has 2 unspecified atom stereocenters. The maximum atomic E-state index is 12.8. The molecular weight excluding hydrogens is 348 g/mol. The third-order valence-electron chi connectivity index (χ3n) is 6.32. The van der Waals surface area contributed by atoms with Gasteiger partial charge in [0.15, 0.2) is 0 Å². The predicted octanol–water partition coefficient (Wildman–Crippen LogP) is 4.34. The molecule has 1 aromatic heterocycles. The molecule has 1 amide bonds. The first-order valence-corrected chi connectivity index (χ1v) is 10.2. The Morgan fingerprint density at radius 2 is 2.04 bits per heavy atom. The van der Waals surface area contributed by atoms with E-state index in [1.54, 1.807) is 0 Å². The number of benzene rings is 2. The molecule has 5 nitrogen and oxygen atoms in total. The molecule has 0 bridgehead atoms. The SMILES string of the molecule is CN1c2ccccc2NC1[C@H]1CCCC(NC(=O)c2ccc3cc[nH]c3c2)C1. The van der Waals surface area contributed by atoms with E-state index in [9.17, 15) is 4.79 Å². The first-order valence-electron chi connectivity index (χ1n) is 10.2. The van der Waals surface area contributed by atoms with Crippen LogP contribution in [0.5, 0.6) is 0 Å². The third kappa shape index (κ3) is 3.01. The third-order valence-corrected chi connectivity index (χ3v) is 6.32. The summed E-state index contributed by atoms with van der Waals surface area (Å²) in [6.07, 6.45) is 6.60. The van der Waals surface area contributed by atoms with Crippen LogP contribution in [0.4, 0.5) is 11.4 Å². The molecule has 5 heteroatoms. The number of amides is 1. The Balaban J connectivity index is 1.26. The van der Waals surface area contributed by atoms with Gasteiger partial charge in [0, 0.05) is 30.4 Å². The summed E-state index contributed by atoms with van der Waals surface area (Å²) in [6, 6.07) is 16.6. The lowest BCUT2D eigenvalue weighted by atomic mass is 9.83. The molecular formula is C23H26N4O. The average molecular weight is 374 g/mol. The fraction of sp³-hybridized carbons (Fsp3) is 0.348. The maximum absolute atomic E-state index is 12.8. The summed E-state index contributed by atoms with van der Waals surface area (Å²) in [5, 5.41) is 8.10. The van der Waals surface area contributed by atoms with Crippen molar-refractivity contribution in [3.8, 4) is 0 Å². The number of rotatable bonds is 3. The fourth-order valence-corrected chi connectivity index (χ4v) is 4.85. The number of para-hydroxylation sites is 2. The minimum atomic E-state index is 0.0261. The Hall–Kier alpha value is -2.95. The van der Waals surface area contributed by atoms with Crippen LogP contribution in [0.15, 0.2) is 54.7 Å². The highest BCUT2D eigenvalue weighted by molar-refractivity contribution is 5.98. The van der Waals surface area contributed by atoms with Gasteiger partial charge in [-0.05, 0) is 60.9 Å². The van der Waals surface area contributed by atoms with Crippen molar-refractivity contribution in [3.63, 3.8) is 0 Å². The summed E-state index contributed by atoms with van der Waals surface area (Å²) in [5.74, 6) is 0.542. The summed E-state index contributed by atoms with van der Waals surface area (Å²) in [5.41, 5.74) is 4.20. The van der Waals surface area contributed by atoms with Crippen molar-refractivity contribution in [2.75, 3.05) is 17.3 Å². The molecule has 3 N–H and O–H groups in total. The van der Waals surface area contributed by atoms with Crippen molar-refractivity contribution in [3.05, 3.63) is 60.3 Å². The largest absolute Gasteiger partial charge is 0.363 e. The lowest BCUT2D eigenvalue weighted by Gasteiger charge is -2.36. The highest BCUT2D eigenvalue weighted by Crippen LogP contribution is 2.39. The summed E-state index contributed by atoms with van der Waals surface area (Å²) in [4.78, 5) is 18.3. The summed E-state index contributed by atoms with van der Waals surface area (Å²) in [7, 11) is 2.16. The van der Waals surface area contributed by atoms with Crippen molar-refractivity contribution >= 4 is 28.2 Å². The maximum Gasteiger partial charge on any atom is 0.251 e. The van der Waals surface area contributed by atoms with E-state index < -0.39 is 0 Å². The number of aromatic amines is 1. The summed E-state index contributed by atoms with van der Waals surface area (Å²) >= 11 is 0. The zero-order valence-electron chi connectivity index (χ0n) is 16.1. The van der Waals surface area contributed by atoms with E-state index in [0.717, 1.165) is 35.7 Å². The van der Waals surface area contributed by atoms with Crippen molar-refractivity contribution in [1.29, 1.82) is 0 Å². The van der Waals surface area contributed by atoms with Gasteiger partial charge >= 0.3 is 0 Å². The number of fused-ring (bicyclic) bond motifs is 2. The first-order chi connectivity index (χ1) is 13.7. The molecule has 0 saturated heterocycles. The molecule has 28 heavy (non-hydrogen) atoms. The van der Waals surface area contributed by atoms with E-state index in [2.05, 4.69) is 51.8 Å². The second-order valence-electron chi connectivity index (χ2n) is 8.09. The van der Waals surface area contributed by atoms with Crippen LogP contribution in [-0.2, 0) is 0 Å². The molecule has 5 rings (SSSR count). The molecule has 2 aromatic carbocycles. The molecule has 1 aliphatic carbocycles. The Kier molecular flexibility index (Phi) is 4.23. The van der Waals surface area contributed by atoms with Gasteiger partial charge < -0.3 is 20.5 Å². The molecule has 1 saturated carbocycles. The Morgan fingerprint density at radius 3 is 2.93 bits per heavy atom. The fourth-order valence-electron chi connectivity index (χ4n) is 4.85. The van der Waals surface area contributed by atoms with E-state index in [-0.39, 0.29) is 11.9 Å². The number of nitrogens with zero attached hydrogens (tertiary/aromatic N) is 1. The van der Waals surface area contributed by atoms with Gasteiger partial charge in [-0.1, -0.05) is 24.6 Å². The predicted molar refractivity (Wildman–Crippen MR) is 114 cm³/mol. The van der Waals surface area contributed by atoms with Gasteiger partial charge in [-0.25, -0.2) is 0 Å². The smallest absolute Gasteiger partial charge is 0.251 e.